The van der Waals surface area contributed by atoms with Crippen molar-refractivity contribution in [3.63, 3.8) is 0 Å². The number of methoxy groups -OCH3 is 1. The van der Waals surface area contributed by atoms with Crippen LogP contribution in [0.3, 0.4) is 0 Å². The van der Waals surface area contributed by atoms with Crippen LogP contribution in [0, 0.1) is 5.82 Å². The van der Waals surface area contributed by atoms with Crippen LogP contribution < -0.4 is 10.1 Å². The van der Waals surface area contributed by atoms with Gasteiger partial charge in [-0.3, -0.25) is 4.79 Å². The molecule has 4 aromatic rings. The summed E-state index contributed by atoms with van der Waals surface area (Å²) in [6, 6.07) is 12.1. The van der Waals surface area contributed by atoms with E-state index in [1.54, 1.807) is 31.2 Å². The maximum Gasteiger partial charge on any atom is 0.255 e. The molecular weight excluding hydrogens is 423 g/mol. The molecule has 1 unspecified atom stereocenters. The summed E-state index contributed by atoms with van der Waals surface area (Å²) in [5.41, 5.74) is 1.56. The molecule has 0 bridgehead atoms. The van der Waals surface area contributed by atoms with Gasteiger partial charge in [0.05, 0.1) is 23.4 Å². The molecule has 4 rings (SSSR count). The predicted octanol–water partition coefficient (Wildman–Crippen LogP) is 4.82. The van der Waals surface area contributed by atoms with E-state index in [0.29, 0.717) is 27.8 Å². The van der Waals surface area contributed by atoms with Gasteiger partial charge in [0.2, 0.25) is 11.7 Å². The minimum absolute atomic E-state index is 0.210. The van der Waals surface area contributed by atoms with Gasteiger partial charge in [0.15, 0.2) is 0 Å². The van der Waals surface area contributed by atoms with Gasteiger partial charge in [0, 0.05) is 24.0 Å². The molecule has 7 nitrogen and oxygen atoms in total. The highest BCUT2D eigenvalue weighted by Gasteiger charge is 2.22. The number of hydrogen-bond acceptors (Lipinski definition) is 5. The summed E-state index contributed by atoms with van der Waals surface area (Å²) < 4.78 is 25.6. The molecule has 0 spiro atoms. The van der Waals surface area contributed by atoms with Gasteiger partial charge in [-0.1, -0.05) is 16.8 Å². The lowest BCUT2D eigenvalue weighted by atomic mass is 10.1. The van der Waals surface area contributed by atoms with Crippen LogP contribution in [0.5, 0.6) is 5.75 Å². The Bertz CT molecular complexity index is 1210. The first-order valence-corrected chi connectivity index (χ1v) is 9.75. The van der Waals surface area contributed by atoms with E-state index in [0.717, 1.165) is 0 Å². The van der Waals surface area contributed by atoms with Crippen molar-refractivity contribution < 1.29 is 18.4 Å². The van der Waals surface area contributed by atoms with E-state index in [1.165, 1.54) is 19.2 Å². The molecule has 1 amide bonds. The fourth-order valence-electron chi connectivity index (χ4n) is 3.05. The zero-order valence-corrected chi connectivity index (χ0v) is 17.4. The molecule has 2 heterocycles. The van der Waals surface area contributed by atoms with E-state index < -0.39 is 11.9 Å². The number of hydrogen-bond donors (Lipinski definition) is 1. The Kier molecular flexibility index (Phi) is 5.73. The number of carbonyl (C=O) groups is 1. The minimum Gasteiger partial charge on any atom is -0.496 e. The summed E-state index contributed by atoms with van der Waals surface area (Å²) in [4.78, 5) is 17.2. The lowest BCUT2D eigenvalue weighted by Crippen LogP contribution is -2.27. The van der Waals surface area contributed by atoms with Gasteiger partial charge in [-0.05, 0) is 49.4 Å². The lowest BCUT2D eigenvalue weighted by Gasteiger charge is -2.15. The van der Waals surface area contributed by atoms with E-state index in [9.17, 15) is 9.18 Å². The fraction of sp³-hybridized carbons (Fsp3) is 0.136. The third-order valence-corrected chi connectivity index (χ3v) is 4.96. The Morgan fingerprint density at radius 1 is 1.23 bits per heavy atom. The van der Waals surface area contributed by atoms with Crippen LogP contribution in [0.25, 0.3) is 17.1 Å². The van der Waals surface area contributed by atoms with Crippen LogP contribution in [-0.4, -0.2) is 27.7 Å². The minimum atomic E-state index is -0.582. The highest BCUT2D eigenvalue weighted by atomic mass is 35.5. The molecule has 0 aliphatic heterocycles. The molecule has 0 saturated carbocycles. The molecule has 2 aromatic heterocycles. The van der Waals surface area contributed by atoms with Crippen molar-refractivity contribution >= 4 is 17.5 Å². The van der Waals surface area contributed by atoms with Crippen LogP contribution >= 0.6 is 11.6 Å². The quantitative estimate of drug-likeness (QED) is 0.465. The fourth-order valence-corrected chi connectivity index (χ4v) is 3.31. The first kappa shape index (κ1) is 20.6. The maximum atomic E-state index is 13.1. The van der Waals surface area contributed by atoms with Crippen molar-refractivity contribution in [3.05, 3.63) is 83.2 Å². The zero-order valence-electron chi connectivity index (χ0n) is 16.7. The van der Waals surface area contributed by atoms with Crippen LogP contribution in [-0.2, 0) is 0 Å². The van der Waals surface area contributed by atoms with Gasteiger partial charge in [0.1, 0.15) is 17.6 Å². The molecular formula is C22H18ClFN4O3. The topological polar surface area (TPSA) is 82.2 Å². The summed E-state index contributed by atoms with van der Waals surface area (Å²) in [6.07, 6.45) is 3.69. The van der Waals surface area contributed by atoms with Crippen LogP contribution in [0.15, 0.2) is 65.4 Å². The number of halogens is 2. The van der Waals surface area contributed by atoms with Crippen LogP contribution in [0.4, 0.5) is 4.39 Å². The molecule has 0 radical (unpaired) electrons. The van der Waals surface area contributed by atoms with Crippen molar-refractivity contribution in [3.8, 4) is 22.8 Å². The number of aromatic nitrogens is 3. The Labute approximate surface area is 182 Å². The third kappa shape index (κ3) is 4.29. The van der Waals surface area contributed by atoms with Gasteiger partial charge < -0.3 is 19.1 Å². The first-order valence-electron chi connectivity index (χ1n) is 9.37. The van der Waals surface area contributed by atoms with E-state index in [-0.39, 0.29) is 17.3 Å². The number of amides is 1. The summed E-state index contributed by atoms with van der Waals surface area (Å²) in [5.74, 6) is 0.111. The van der Waals surface area contributed by atoms with Crippen molar-refractivity contribution in [2.45, 2.75) is 13.0 Å². The molecule has 0 saturated heterocycles. The van der Waals surface area contributed by atoms with Gasteiger partial charge in [-0.15, -0.1) is 0 Å². The van der Waals surface area contributed by atoms with E-state index in [1.807, 2.05) is 29.1 Å². The lowest BCUT2D eigenvalue weighted by molar-refractivity contribution is 0.0929. The van der Waals surface area contributed by atoms with Crippen molar-refractivity contribution in [2.75, 3.05) is 7.11 Å². The van der Waals surface area contributed by atoms with Gasteiger partial charge >= 0.3 is 0 Å². The SMILES string of the molecule is COc1cc(-n2cccc2)c(Cl)cc1C(=O)NC(C)c1nc(-c2ccc(F)cc2)no1. The first-order chi connectivity index (χ1) is 15.0. The van der Waals surface area contributed by atoms with Gasteiger partial charge in [-0.25, -0.2) is 4.39 Å². The Morgan fingerprint density at radius 2 is 1.94 bits per heavy atom. The van der Waals surface area contributed by atoms with Crippen LogP contribution in [0.1, 0.15) is 29.2 Å². The molecule has 158 valence electrons. The summed E-state index contributed by atoms with van der Waals surface area (Å²) in [6.45, 7) is 1.71. The average Bonchev–Trinajstić information content (AvgIpc) is 3.46. The van der Waals surface area contributed by atoms with Crippen molar-refractivity contribution in [1.82, 2.24) is 20.0 Å². The Balaban J connectivity index is 1.54. The van der Waals surface area contributed by atoms with Gasteiger partial charge in [-0.2, -0.15) is 4.98 Å². The standard InChI is InChI=1S/C22H18ClFN4O3/c1-13(22-26-20(27-31-22)14-5-7-15(24)8-6-14)25-21(29)16-11-17(23)18(12-19(16)30-2)28-9-3-4-10-28/h3-13H,1-2H3,(H,25,29). The summed E-state index contributed by atoms with van der Waals surface area (Å²) in [5, 5.41) is 7.09. The van der Waals surface area contributed by atoms with E-state index in [4.69, 9.17) is 20.9 Å². The number of ether oxygens (including phenoxy) is 1. The molecule has 0 aliphatic carbocycles. The largest absolute Gasteiger partial charge is 0.496 e. The monoisotopic (exact) mass is 440 g/mol. The number of nitrogens with one attached hydrogen (secondary N) is 1. The normalized spacial score (nSPS) is 11.9. The predicted molar refractivity (Wildman–Crippen MR) is 113 cm³/mol. The number of nitrogens with zero attached hydrogens (tertiary/aromatic N) is 3. The smallest absolute Gasteiger partial charge is 0.255 e. The zero-order chi connectivity index (χ0) is 22.0. The molecule has 0 fully saturated rings. The van der Waals surface area contributed by atoms with E-state index >= 15 is 0 Å². The molecule has 31 heavy (non-hydrogen) atoms. The highest BCUT2D eigenvalue weighted by Crippen LogP contribution is 2.30. The Hall–Kier alpha value is -3.65. The highest BCUT2D eigenvalue weighted by molar-refractivity contribution is 6.33. The van der Waals surface area contributed by atoms with Crippen LogP contribution in [0.2, 0.25) is 5.02 Å². The average molecular weight is 441 g/mol. The van der Waals surface area contributed by atoms with E-state index in [2.05, 4.69) is 15.5 Å². The van der Waals surface area contributed by atoms with Gasteiger partial charge in [0.25, 0.3) is 5.91 Å². The number of rotatable bonds is 6. The number of carbonyl (C=O) groups excluding carboxylic acids is 1. The second-order valence-corrected chi connectivity index (χ2v) is 7.16. The third-order valence-electron chi connectivity index (χ3n) is 4.66. The molecule has 0 aliphatic rings. The molecule has 9 heteroatoms. The summed E-state index contributed by atoms with van der Waals surface area (Å²) in [7, 11) is 1.48. The second-order valence-electron chi connectivity index (χ2n) is 6.75. The molecule has 1 atom stereocenters. The molecule has 1 N–H and O–H groups in total. The summed E-state index contributed by atoms with van der Waals surface area (Å²) >= 11 is 6.41. The Morgan fingerprint density at radius 3 is 2.61 bits per heavy atom. The second kappa shape index (κ2) is 8.61. The van der Waals surface area contributed by atoms with Crippen molar-refractivity contribution in [2.24, 2.45) is 0 Å². The molecule has 2 aromatic carbocycles. The van der Waals surface area contributed by atoms with Crippen molar-refractivity contribution in [1.29, 1.82) is 0 Å². The maximum absolute atomic E-state index is 13.1. The number of benzene rings is 2.